The molecule has 3 rings (SSSR count). The normalized spacial score (nSPS) is 11.1. The largest absolute Gasteiger partial charge is 0.501 e. The molecule has 2 aromatic heterocycles. The summed E-state index contributed by atoms with van der Waals surface area (Å²) in [5.41, 5.74) is 0.871. The number of rotatable bonds is 1. The van der Waals surface area contributed by atoms with E-state index in [9.17, 15) is 9.90 Å². The van der Waals surface area contributed by atoms with E-state index in [4.69, 9.17) is 8.83 Å². The van der Waals surface area contributed by atoms with Gasteiger partial charge in [-0.25, -0.2) is 0 Å². The Morgan fingerprint density at radius 2 is 1.95 bits per heavy atom. The lowest BCUT2D eigenvalue weighted by Crippen LogP contribution is -2.02. The first-order chi connectivity index (χ1) is 9.06. The molecule has 0 spiro atoms. The third kappa shape index (κ3) is 1.96. The quantitative estimate of drug-likeness (QED) is 0.740. The second kappa shape index (κ2) is 4.28. The molecular weight excluding hydrogens is 312 g/mol. The Labute approximate surface area is 116 Å². The molecule has 96 valence electrons. The van der Waals surface area contributed by atoms with Crippen molar-refractivity contribution in [2.24, 2.45) is 0 Å². The van der Waals surface area contributed by atoms with Gasteiger partial charge in [-0.2, -0.15) is 0 Å². The Morgan fingerprint density at radius 1 is 1.16 bits per heavy atom. The summed E-state index contributed by atoms with van der Waals surface area (Å²) >= 11 is 3.16. The molecule has 19 heavy (non-hydrogen) atoms. The van der Waals surface area contributed by atoms with Crippen LogP contribution in [0.3, 0.4) is 0 Å². The predicted molar refractivity (Wildman–Crippen MR) is 74.3 cm³/mol. The van der Waals surface area contributed by atoms with E-state index >= 15 is 0 Å². The van der Waals surface area contributed by atoms with Crippen LogP contribution in [0.1, 0.15) is 5.56 Å². The third-order valence-electron chi connectivity index (χ3n) is 2.82. The molecule has 5 heteroatoms. The van der Waals surface area contributed by atoms with Gasteiger partial charge >= 0.3 is 0 Å². The van der Waals surface area contributed by atoms with Crippen LogP contribution in [0.25, 0.3) is 22.5 Å². The Morgan fingerprint density at radius 3 is 2.63 bits per heavy atom. The number of aromatic hydroxyl groups is 1. The van der Waals surface area contributed by atoms with E-state index in [1.165, 1.54) is 0 Å². The van der Waals surface area contributed by atoms with Crippen molar-refractivity contribution in [3.63, 3.8) is 0 Å². The lowest BCUT2D eigenvalue weighted by atomic mass is 10.1. The van der Waals surface area contributed by atoms with Crippen LogP contribution in [0.2, 0.25) is 0 Å². The molecular formula is C14H9BrO4. The Kier molecular flexibility index (Phi) is 2.71. The molecule has 0 unspecified atom stereocenters. The maximum atomic E-state index is 12.1. The number of hydrogen-bond acceptors (Lipinski definition) is 4. The van der Waals surface area contributed by atoms with Gasteiger partial charge in [0.25, 0.3) is 0 Å². The zero-order valence-electron chi connectivity index (χ0n) is 9.94. The smallest absolute Gasteiger partial charge is 0.235 e. The molecule has 1 aromatic carbocycles. The van der Waals surface area contributed by atoms with Gasteiger partial charge in [0.2, 0.25) is 16.9 Å². The van der Waals surface area contributed by atoms with Gasteiger partial charge in [-0.3, -0.25) is 4.79 Å². The van der Waals surface area contributed by atoms with E-state index in [0.717, 1.165) is 5.56 Å². The second-order valence-corrected chi connectivity index (χ2v) is 4.99. The van der Waals surface area contributed by atoms with E-state index in [-0.39, 0.29) is 5.76 Å². The summed E-state index contributed by atoms with van der Waals surface area (Å²) in [6.45, 7) is 1.87. The first kappa shape index (κ1) is 12.0. The van der Waals surface area contributed by atoms with E-state index in [1.54, 1.807) is 24.3 Å². The van der Waals surface area contributed by atoms with Crippen LogP contribution in [0.15, 0.2) is 48.6 Å². The van der Waals surface area contributed by atoms with Crippen LogP contribution >= 0.6 is 15.9 Å². The van der Waals surface area contributed by atoms with Crippen LogP contribution in [0.5, 0.6) is 5.75 Å². The fraction of sp³-hybridized carbons (Fsp3) is 0.0714. The van der Waals surface area contributed by atoms with Crippen molar-refractivity contribution in [3.8, 4) is 17.3 Å². The first-order valence-corrected chi connectivity index (χ1v) is 6.37. The van der Waals surface area contributed by atoms with Crippen LogP contribution in [0.4, 0.5) is 0 Å². The van der Waals surface area contributed by atoms with Crippen molar-refractivity contribution in [1.82, 2.24) is 0 Å². The molecule has 2 heterocycles. The highest BCUT2D eigenvalue weighted by atomic mass is 79.9. The number of aryl methyl sites for hydroxylation is 1. The summed E-state index contributed by atoms with van der Waals surface area (Å²) in [7, 11) is 0. The molecule has 0 amide bonds. The van der Waals surface area contributed by atoms with E-state index in [0.29, 0.717) is 21.4 Å². The van der Waals surface area contributed by atoms with Crippen LogP contribution in [-0.4, -0.2) is 5.11 Å². The van der Waals surface area contributed by atoms with Gasteiger partial charge in [0.1, 0.15) is 5.58 Å². The summed E-state index contributed by atoms with van der Waals surface area (Å²) < 4.78 is 11.4. The fourth-order valence-electron chi connectivity index (χ4n) is 1.90. The highest BCUT2D eigenvalue weighted by Crippen LogP contribution is 2.32. The average Bonchev–Trinajstić information content (AvgIpc) is 2.81. The monoisotopic (exact) mass is 320 g/mol. The van der Waals surface area contributed by atoms with Gasteiger partial charge in [-0.05, 0) is 47.1 Å². The van der Waals surface area contributed by atoms with Crippen molar-refractivity contribution in [2.45, 2.75) is 6.92 Å². The highest BCUT2D eigenvalue weighted by molar-refractivity contribution is 9.10. The lowest BCUT2D eigenvalue weighted by molar-refractivity contribution is 0.437. The average molecular weight is 321 g/mol. The molecule has 0 fully saturated rings. The summed E-state index contributed by atoms with van der Waals surface area (Å²) in [5, 5.41) is 10.3. The first-order valence-electron chi connectivity index (χ1n) is 5.58. The summed E-state index contributed by atoms with van der Waals surface area (Å²) in [6, 6.07) is 8.50. The number of halogens is 1. The third-order valence-corrected chi connectivity index (χ3v) is 3.25. The molecule has 0 saturated carbocycles. The molecule has 0 aliphatic carbocycles. The summed E-state index contributed by atoms with van der Waals surface area (Å²) in [4.78, 5) is 12.1. The SMILES string of the molecule is Cc1ccc2oc(-c3ccc(Br)o3)c(O)c(=O)c2c1. The second-order valence-electron chi connectivity index (χ2n) is 4.21. The molecule has 1 N–H and O–H groups in total. The Balaban J connectivity index is 2.36. The number of benzene rings is 1. The minimum Gasteiger partial charge on any atom is -0.501 e. The van der Waals surface area contributed by atoms with Crippen LogP contribution < -0.4 is 5.43 Å². The maximum absolute atomic E-state index is 12.1. The molecule has 0 saturated heterocycles. The molecule has 0 atom stereocenters. The molecule has 0 aliphatic rings. The molecule has 4 nitrogen and oxygen atoms in total. The van der Waals surface area contributed by atoms with Crippen LogP contribution in [-0.2, 0) is 0 Å². The Bertz CT molecular complexity index is 829. The van der Waals surface area contributed by atoms with Gasteiger partial charge in [0.05, 0.1) is 5.39 Å². The van der Waals surface area contributed by atoms with Gasteiger partial charge in [-0.15, -0.1) is 0 Å². The summed E-state index contributed by atoms with van der Waals surface area (Å²) in [6.07, 6.45) is 0. The van der Waals surface area contributed by atoms with Crippen molar-refractivity contribution >= 4 is 26.9 Å². The lowest BCUT2D eigenvalue weighted by Gasteiger charge is -2.04. The van der Waals surface area contributed by atoms with E-state index < -0.39 is 11.2 Å². The standard InChI is InChI=1S/C14H9BrO4/c1-7-2-3-9-8(6-7)12(16)13(17)14(19-9)10-4-5-11(15)18-10/h2-6,17H,1H3. The van der Waals surface area contributed by atoms with Gasteiger partial charge in [-0.1, -0.05) is 11.6 Å². The van der Waals surface area contributed by atoms with Gasteiger partial charge < -0.3 is 13.9 Å². The van der Waals surface area contributed by atoms with E-state index in [1.807, 2.05) is 13.0 Å². The van der Waals surface area contributed by atoms with Gasteiger partial charge in [0, 0.05) is 0 Å². The zero-order chi connectivity index (χ0) is 13.6. The molecule has 0 aliphatic heterocycles. The summed E-state index contributed by atoms with van der Waals surface area (Å²) in [5.74, 6) is -0.115. The predicted octanol–water partition coefficient (Wildman–Crippen LogP) is 3.83. The minimum absolute atomic E-state index is 0.0343. The topological polar surface area (TPSA) is 63.6 Å². The Hall–Kier alpha value is -2.01. The van der Waals surface area contributed by atoms with Crippen molar-refractivity contribution in [2.75, 3.05) is 0 Å². The molecule has 0 radical (unpaired) electrons. The minimum atomic E-state index is -0.465. The van der Waals surface area contributed by atoms with Crippen molar-refractivity contribution < 1.29 is 13.9 Å². The zero-order valence-corrected chi connectivity index (χ0v) is 11.5. The number of furan rings is 1. The van der Waals surface area contributed by atoms with E-state index in [2.05, 4.69) is 15.9 Å². The molecule has 3 aromatic rings. The van der Waals surface area contributed by atoms with Crippen molar-refractivity contribution in [1.29, 1.82) is 0 Å². The number of fused-ring (bicyclic) bond motifs is 1. The number of hydrogen-bond donors (Lipinski definition) is 1. The maximum Gasteiger partial charge on any atom is 0.235 e. The highest BCUT2D eigenvalue weighted by Gasteiger charge is 2.17. The molecule has 0 bridgehead atoms. The van der Waals surface area contributed by atoms with Crippen molar-refractivity contribution in [3.05, 3.63) is 50.8 Å². The van der Waals surface area contributed by atoms with Gasteiger partial charge in [0.15, 0.2) is 10.4 Å². The fourth-order valence-corrected chi connectivity index (χ4v) is 2.21. The van der Waals surface area contributed by atoms with Crippen LogP contribution in [0, 0.1) is 6.92 Å².